The fourth-order valence-electron chi connectivity index (χ4n) is 1.37. The summed E-state index contributed by atoms with van der Waals surface area (Å²) in [5.74, 6) is -0.193. The molecule has 0 aliphatic rings. The van der Waals surface area contributed by atoms with E-state index < -0.39 is 0 Å². The Morgan fingerprint density at radius 2 is 2.20 bits per heavy atom. The monoisotopic (exact) mass is 210 g/mol. The van der Waals surface area contributed by atoms with Gasteiger partial charge in [-0.25, -0.2) is 4.39 Å². The van der Waals surface area contributed by atoms with E-state index in [0.29, 0.717) is 18.3 Å². The first kappa shape index (κ1) is 12.0. The predicted molar refractivity (Wildman–Crippen MR) is 62.5 cm³/mol. The molecule has 1 aromatic carbocycles. The van der Waals surface area contributed by atoms with Crippen LogP contribution in [0, 0.1) is 5.82 Å². The van der Waals surface area contributed by atoms with Crippen molar-refractivity contribution >= 4 is 5.69 Å². The van der Waals surface area contributed by atoms with Gasteiger partial charge >= 0.3 is 0 Å². The highest BCUT2D eigenvalue weighted by molar-refractivity contribution is 5.47. The minimum absolute atomic E-state index is 0.193. The first-order valence-electron chi connectivity index (χ1n) is 5.42. The van der Waals surface area contributed by atoms with Crippen LogP contribution in [-0.4, -0.2) is 12.6 Å². The Balaban J connectivity index is 2.74. The molecule has 84 valence electrons. The van der Waals surface area contributed by atoms with Gasteiger partial charge in [0.1, 0.15) is 5.82 Å². The number of rotatable bonds is 5. The molecule has 2 nitrogen and oxygen atoms in total. The molecule has 0 spiro atoms. The third-order valence-electron chi connectivity index (χ3n) is 2.48. The lowest BCUT2D eigenvalue weighted by molar-refractivity contribution is 0.622. The highest BCUT2D eigenvalue weighted by Gasteiger charge is 2.05. The van der Waals surface area contributed by atoms with Gasteiger partial charge in [-0.05, 0) is 44.0 Å². The van der Waals surface area contributed by atoms with Gasteiger partial charge in [0.15, 0.2) is 0 Å². The van der Waals surface area contributed by atoms with E-state index in [2.05, 4.69) is 12.2 Å². The Labute approximate surface area is 90.7 Å². The molecule has 0 saturated heterocycles. The molecule has 0 amide bonds. The lowest BCUT2D eigenvalue weighted by atomic mass is 10.1. The van der Waals surface area contributed by atoms with E-state index in [1.165, 1.54) is 0 Å². The van der Waals surface area contributed by atoms with Gasteiger partial charge in [0.05, 0.1) is 5.69 Å². The Bertz CT molecular complexity index is 312. The zero-order valence-electron chi connectivity index (χ0n) is 9.39. The molecule has 1 atom stereocenters. The number of hydrogen-bond donors (Lipinski definition) is 2. The van der Waals surface area contributed by atoms with Gasteiger partial charge < -0.3 is 11.1 Å². The number of nitrogens with two attached hydrogens (primary N) is 1. The van der Waals surface area contributed by atoms with E-state index >= 15 is 0 Å². The number of benzene rings is 1. The van der Waals surface area contributed by atoms with Crippen molar-refractivity contribution in [3.8, 4) is 0 Å². The summed E-state index contributed by atoms with van der Waals surface area (Å²) in [6.07, 6.45) is 1.70. The highest BCUT2D eigenvalue weighted by atomic mass is 19.1. The van der Waals surface area contributed by atoms with Crippen LogP contribution in [0.15, 0.2) is 18.2 Å². The van der Waals surface area contributed by atoms with E-state index in [-0.39, 0.29) is 5.82 Å². The Hall–Kier alpha value is -1.09. The topological polar surface area (TPSA) is 38.0 Å². The second-order valence-corrected chi connectivity index (χ2v) is 3.81. The first-order chi connectivity index (χ1) is 7.17. The smallest absolute Gasteiger partial charge is 0.146 e. The van der Waals surface area contributed by atoms with Crippen LogP contribution in [0.3, 0.4) is 0 Å². The SMILES string of the molecule is CCC(C)Nc1ccc(CCN)cc1F. The first-order valence-corrected chi connectivity index (χ1v) is 5.42. The van der Waals surface area contributed by atoms with E-state index in [4.69, 9.17) is 5.73 Å². The van der Waals surface area contributed by atoms with Crippen molar-refractivity contribution in [2.75, 3.05) is 11.9 Å². The van der Waals surface area contributed by atoms with Crippen LogP contribution in [0.5, 0.6) is 0 Å². The van der Waals surface area contributed by atoms with E-state index in [0.717, 1.165) is 18.4 Å². The number of halogens is 1. The maximum absolute atomic E-state index is 13.6. The van der Waals surface area contributed by atoms with Gasteiger partial charge in [0.25, 0.3) is 0 Å². The molecule has 3 N–H and O–H groups in total. The Kier molecular flexibility index (Phi) is 4.56. The van der Waals surface area contributed by atoms with Gasteiger partial charge in [-0.15, -0.1) is 0 Å². The molecule has 3 heteroatoms. The highest BCUT2D eigenvalue weighted by Crippen LogP contribution is 2.17. The minimum Gasteiger partial charge on any atom is -0.380 e. The Morgan fingerprint density at radius 1 is 1.47 bits per heavy atom. The molecule has 0 bridgehead atoms. The van der Waals surface area contributed by atoms with Crippen LogP contribution >= 0.6 is 0 Å². The summed E-state index contributed by atoms with van der Waals surface area (Å²) in [6.45, 7) is 4.66. The molecule has 0 radical (unpaired) electrons. The average molecular weight is 210 g/mol. The molecular weight excluding hydrogens is 191 g/mol. The van der Waals surface area contributed by atoms with E-state index in [9.17, 15) is 4.39 Å². The summed E-state index contributed by atoms with van der Waals surface area (Å²) in [5.41, 5.74) is 6.94. The molecular formula is C12H19FN2. The molecule has 1 aromatic rings. The summed E-state index contributed by atoms with van der Waals surface area (Å²) in [4.78, 5) is 0. The van der Waals surface area contributed by atoms with Crippen molar-refractivity contribution in [3.63, 3.8) is 0 Å². The molecule has 0 aliphatic carbocycles. The molecule has 1 rings (SSSR count). The van der Waals surface area contributed by atoms with Crippen molar-refractivity contribution < 1.29 is 4.39 Å². The molecule has 0 saturated carbocycles. The van der Waals surface area contributed by atoms with Gasteiger partial charge in [0.2, 0.25) is 0 Å². The maximum atomic E-state index is 13.6. The fourth-order valence-corrected chi connectivity index (χ4v) is 1.37. The van der Waals surface area contributed by atoms with Crippen molar-refractivity contribution in [1.29, 1.82) is 0 Å². The average Bonchev–Trinajstić information content (AvgIpc) is 2.22. The van der Waals surface area contributed by atoms with Crippen molar-refractivity contribution in [2.45, 2.75) is 32.7 Å². The van der Waals surface area contributed by atoms with Crippen LogP contribution in [0.4, 0.5) is 10.1 Å². The number of hydrogen-bond acceptors (Lipinski definition) is 2. The zero-order valence-corrected chi connectivity index (χ0v) is 9.39. The van der Waals surface area contributed by atoms with Crippen LogP contribution in [0.25, 0.3) is 0 Å². The normalized spacial score (nSPS) is 12.5. The Morgan fingerprint density at radius 3 is 2.73 bits per heavy atom. The molecule has 0 fully saturated rings. The summed E-state index contributed by atoms with van der Waals surface area (Å²) < 4.78 is 13.6. The van der Waals surface area contributed by atoms with Crippen LogP contribution in [0.1, 0.15) is 25.8 Å². The molecule has 1 unspecified atom stereocenters. The second-order valence-electron chi connectivity index (χ2n) is 3.81. The van der Waals surface area contributed by atoms with Crippen molar-refractivity contribution in [2.24, 2.45) is 5.73 Å². The van der Waals surface area contributed by atoms with Crippen LogP contribution < -0.4 is 11.1 Å². The minimum atomic E-state index is -0.193. The standard InChI is InChI=1S/C12H19FN2/c1-3-9(2)15-12-5-4-10(6-7-14)8-11(12)13/h4-5,8-9,15H,3,6-7,14H2,1-2H3. The quantitative estimate of drug-likeness (QED) is 0.783. The summed E-state index contributed by atoms with van der Waals surface area (Å²) >= 11 is 0. The van der Waals surface area contributed by atoms with Gasteiger partial charge in [-0.2, -0.15) is 0 Å². The summed E-state index contributed by atoms with van der Waals surface area (Å²) in [6, 6.07) is 5.55. The molecule has 15 heavy (non-hydrogen) atoms. The predicted octanol–water partition coefficient (Wildman–Crippen LogP) is 2.54. The fraction of sp³-hybridized carbons (Fsp3) is 0.500. The van der Waals surface area contributed by atoms with Gasteiger partial charge in [-0.1, -0.05) is 13.0 Å². The van der Waals surface area contributed by atoms with E-state index in [1.54, 1.807) is 12.1 Å². The number of anilines is 1. The summed E-state index contributed by atoms with van der Waals surface area (Å²) in [7, 11) is 0. The summed E-state index contributed by atoms with van der Waals surface area (Å²) in [5, 5.41) is 3.12. The van der Waals surface area contributed by atoms with Crippen LogP contribution in [-0.2, 0) is 6.42 Å². The van der Waals surface area contributed by atoms with Crippen LogP contribution in [0.2, 0.25) is 0 Å². The third-order valence-corrected chi connectivity index (χ3v) is 2.48. The van der Waals surface area contributed by atoms with Crippen molar-refractivity contribution in [1.82, 2.24) is 0 Å². The van der Waals surface area contributed by atoms with E-state index in [1.807, 2.05) is 13.0 Å². The lowest BCUT2D eigenvalue weighted by Crippen LogP contribution is -2.14. The second kappa shape index (κ2) is 5.71. The molecule has 0 aliphatic heterocycles. The van der Waals surface area contributed by atoms with Gasteiger partial charge in [0, 0.05) is 6.04 Å². The third kappa shape index (κ3) is 3.51. The van der Waals surface area contributed by atoms with Gasteiger partial charge in [-0.3, -0.25) is 0 Å². The lowest BCUT2D eigenvalue weighted by Gasteiger charge is -2.14. The number of nitrogens with one attached hydrogen (secondary N) is 1. The molecule has 0 heterocycles. The van der Waals surface area contributed by atoms with Crippen molar-refractivity contribution in [3.05, 3.63) is 29.6 Å². The molecule has 0 aromatic heterocycles. The maximum Gasteiger partial charge on any atom is 0.146 e. The zero-order chi connectivity index (χ0) is 11.3. The largest absolute Gasteiger partial charge is 0.380 e.